The lowest BCUT2D eigenvalue weighted by atomic mass is 9.88. The molecule has 2 fully saturated rings. The van der Waals surface area contributed by atoms with Gasteiger partial charge in [0.25, 0.3) is 0 Å². The number of rotatable bonds is 10. The molecular weight excluding hydrogens is 681 g/mol. The standard InChI is InChI=1S/C21H24N2O7S.C11H22N2O4S/c1-21(28-3,29-4)20-19(31(26,27)23-11-9-22(2)10-12-23)15-16(24)13-7-5-6-8-14(13)17(25)18(15)30-20;1-11(2,17-4)10(14)9-18(15,16)13-7-5-12(3)6-8-13/h5-8H,9-12H2,1-4H3;5-9H2,1-4H3. The highest BCUT2D eigenvalue weighted by atomic mass is 32.2. The van der Waals surface area contributed by atoms with Crippen LogP contribution in [0.15, 0.2) is 33.6 Å². The maximum atomic E-state index is 13.8. The van der Waals surface area contributed by atoms with Gasteiger partial charge in [0.2, 0.25) is 31.6 Å². The summed E-state index contributed by atoms with van der Waals surface area (Å²) in [5, 5.41) is 0. The molecule has 0 bridgehead atoms. The minimum Gasteiger partial charge on any atom is -0.450 e. The number of sulfonamides is 2. The maximum Gasteiger partial charge on any atom is 0.247 e. The van der Waals surface area contributed by atoms with Gasteiger partial charge in [0.15, 0.2) is 23.1 Å². The molecule has 49 heavy (non-hydrogen) atoms. The fourth-order valence-electron chi connectivity index (χ4n) is 5.50. The van der Waals surface area contributed by atoms with Crippen LogP contribution >= 0.6 is 0 Å². The van der Waals surface area contributed by atoms with Crippen LogP contribution in [0.25, 0.3) is 0 Å². The van der Waals surface area contributed by atoms with E-state index in [1.807, 2.05) is 19.0 Å². The zero-order valence-corrected chi connectivity index (χ0v) is 30.9. The van der Waals surface area contributed by atoms with Gasteiger partial charge in [-0.15, -0.1) is 0 Å². The summed E-state index contributed by atoms with van der Waals surface area (Å²) in [5.41, 5.74) is -1.02. The number of hydrogen-bond acceptors (Lipinski definition) is 13. The zero-order valence-electron chi connectivity index (χ0n) is 29.3. The fourth-order valence-corrected chi connectivity index (χ4v) is 8.89. The summed E-state index contributed by atoms with van der Waals surface area (Å²) in [6.45, 7) is 8.47. The Morgan fingerprint density at radius 1 is 0.755 bits per heavy atom. The lowest BCUT2D eigenvalue weighted by Crippen LogP contribution is -2.50. The molecule has 1 aromatic heterocycles. The van der Waals surface area contributed by atoms with Crippen LogP contribution in [0, 0.1) is 0 Å². The number of benzene rings is 1. The largest absolute Gasteiger partial charge is 0.450 e. The van der Waals surface area contributed by atoms with E-state index in [1.165, 1.54) is 49.0 Å². The number of carbonyl (C=O) groups excluding carboxylic acids is 3. The Balaban J connectivity index is 0.000000257. The van der Waals surface area contributed by atoms with Gasteiger partial charge in [0.1, 0.15) is 16.2 Å². The summed E-state index contributed by atoms with van der Waals surface area (Å²) in [4.78, 5) is 42.1. The number of methoxy groups -OCH3 is 3. The van der Waals surface area contributed by atoms with Crippen molar-refractivity contribution in [2.75, 3.05) is 93.5 Å². The highest BCUT2D eigenvalue weighted by Crippen LogP contribution is 2.42. The molecule has 3 aliphatic rings. The highest BCUT2D eigenvalue weighted by Gasteiger charge is 2.48. The van der Waals surface area contributed by atoms with Gasteiger partial charge >= 0.3 is 0 Å². The summed E-state index contributed by atoms with van der Waals surface area (Å²) in [6.07, 6.45) is 0. The van der Waals surface area contributed by atoms with E-state index in [-0.39, 0.29) is 46.2 Å². The van der Waals surface area contributed by atoms with Crippen LogP contribution in [0.2, 0.25) is 0 Å². The van der Waals surface area contributed by atoms with Crippen molar-refractivity contribution in [2.45, 2.75) is 37.1 Å². The third-order valence-electron chi connectivity index (χ3n) is 9.32. The maximum absolute atomic E-state index is 13.8. The van der Waals surface area contributed by atoms with Crippen molar-refractivity contribution in [3.05, 3.63) is 52.5 Å². The summed E-state index contributed by atoms with van der Waals surface area (Å²) >= 11 is 0. The van der Waals surface area contributed by atoms with Gasteiger partial charge in [0, 0.05) is 84.8 Å². The summed E-state index contributed by atoms with van der Waals surface area (Å²) < 4.78 is 76.0. The van der Waals surface area contributed by atoms with Crippen LogP contribution in [0.5, 0.6) is 0 Å². The predicted octanol–water partition coefficient (Wildman–Crippen LogP) is 1.01. The third-order valence-corrected chi connectivity index (χ3v) is 13.0. The van der Waals surface area contributed by atoms with Gasteiger partial charge in [-0.1, -0.05) is 24.3 Å². The Kier molecular flexibility index (Phi) is 11.7. The molecule has 2 saturated heterocycles. The Hall–Kier alpha value is -2.87. The van der Waals surface area contributed by atoms with Gasteiger partial charge in [0.05, 0.1) is 5.56 Å². The van der Waals surface area contributed by atoms with Crippen LogP contribution < -0.4 is 0 Å². The summed E-state index contributed by atoms with van der Waals surface area (Å²) in [5.74, 6) is -4.20. The molecule has 2 aliphatic heterocycles. The number of hydrogen-bond donors (Lipinski definition) is 0. The number of ether oxygens (including phenoxy) is 3. The van der Waals surface area contributed by atoms with E-state index in [9.17, 15) is 31.2 Å². The molecule has 0 spiro atoms. The highest BCUT2D eigenvalue weighted by molar-refractivity contribution is 7.90. The number of ketones is 3. The van der Waals surface area contributed by atoms with Gasteiger partial charge in [-0.25, -0.2) is 16.8 Å². The van der Waals surface area contributed by atoms with Crippen LogP contribution in [-0.2, 0) is 44.8 Å². The van der Waals surface area contributed by atoms with E-state index in [0.29, 0.717) is 39.3 Å². The summed E-state index contributed by atoms with van der Waals surface area (Å²) in [6, 6.07) is 6.28. The Morgan fingerprint density at radius 2 is 1.22 bits per heavy atom. The quantitative estimate of drug-likeness (QED) is 0.271. The van der Waals surface area contributed by atoms with Crippen molar-refractivity contribution in [2.24, 2.45) is 0 Å². The van der Waals surface area contributed by atoms with Crippen LogP contribution in [0.3, 0.4) is 0 Å². The van der Waals surface area contributed by atoms with Crippen LogP contribution in [0.1, 0.15) is 58.6 Å². The van der Waals surface area contributed by atoms with E-state index in [2.05, 4.69) is 4.90 Å². The second-order valence-electron chi connectivity index (χ2n) is 12.8. The van der Waals surface area contributed by atoms with Crippen molar-refractivity contribution < 1.29 is 49.8 Å². The van der Waals surface area contributed by atoms with Crippen molar-refractivity contribution in [1.29, 1.82) is 0 Å². The Bertz CT molecular complexity index is 1780. The molecule has 15 nitrogen and oxygen atoms in total. The first kappa shape index (κ1) is 38.9. The second kappa shape index (κ2) is 14.8. The lowest BCUT2D eigenvalue weighted by Gasteiger charge is -2.32. The monoisotopic (exact) mass is 726 g/mol. The summed E-state index contributed by atoms with van der Waals surface area (Å²) in [7, 11) is 0.194. The molecular formula is C32H46N4O11S2. The van der Waals surface area contributed by atoms with Crippen LogP contribution in [-0.4, -0.2) is 152 Å². The molecule has 0 radical (unpaired) electrons. The molecule has 2 aromatic rings. The van der Waals surface area contributed by atoms with Gasteiger partial charge < -0.3 is 28.4 Å². The first-order valence-corrected chi connectivity index (χ1v) is 18.8. The molecule has 0 atom stereocenters. The Morgan fingerprint density at radius 3 is 1.69 bits per heavy atom. The Labute approximate surface area is 288 Å². The van der Waals surface area contributed by atoms with Crippen molar-refractivity contribution in [3.63, 3.8) is 0 Å². The average molecular weight is 727 g/mol. The fraction of sp³-hybridized carbons (Fsp3) is 0.594. The van der Waals surface area contributed by atoms with Gasteiger partial charge in [-0.05, 0) is 34.9 Å². The van der Waals surface area contributed by atoms with Crippen molar-refractivity contribution in [3.8, 4) is 0 Å². The van der Waals surface area contributed by atoms with E-state index in [1.54, 1.807) is 26.0 Å². The first-order chi connectivity index (χ1) is 22.8. The van der Waals surface area contributed by atoms with E-state index >= 15 is 0 Å². The topological polar surface area (TPSA) is 173 Å². The predicted molar refractivity (Wildman–Crippen MR) is 179 cm³/mol. The van der Waals surface area contributed by atoms with Gasteiger partial charge in [-0.3, -0.25) is 14.4 Å². The number of carbonyl (C=O) groups is 3. The van der Waals surface area contributed by atoms with Crippen molar-refractivity contribution in [1.82, 2.24) is 18.4 Å². The van der Waals surface area contributed by atoms with E-state index in [0.717, 1.165) is 0 Å². The van der Waals surface area contributed by atoms with Gasteiger partial charge in [-0.2, -0.15) is 8.61 Å². The zero-order chi connectivity index (χ0) is 36.5. The molecule has 5 rings (SSSR count). The third kappa shape index (κ3) is 7.74. The number of nitrogens with zero attached hydrogens (tertiary/aromatic N) is 4. The average Bonchev–Trinajstić information content (AvgIpc) is 3.50. The number of piperazine rings is 2. The molecule has 0 saturated carbocycles. The first-order valence-electron chi connectivity index (χ1n) is 15.7. The molecule has 1 aromatic carbocycles. The number of fused-ring (bicyclic) bond motifs is 2. The lowest BCUT2D eigenvalue weighted by molar-refractivity contribution is -0.214. The molecule has 0 amide bonds. The molecule has 0 N–H and O–H groups in total. The molecule has 3 heterocycles. The molecule has 272 valence electrons. The number of furan rings is 1. The van der Waals surface area contributed by atoms with Crippen molar-refractivity contribution >= 4 is 37.4 Å². The normalized spacial score (nSPS) is 18.9. The van der Waals surface area contributed by atoms with E-state index < -0.39 is 54.5 Å². The molecule has 1 aliphatic carbocycles. The minimum absolute atomic E-state index is 0.138. The smallest absolute Gasteiger partial charge is 0.247 e. The van der Waals surface area contributed by atoms with E-state index in [4.69, 9.17) is 18.6 Å². The SMILES string of the molecule is COC(C)(C)C(=O)CS(=O)(=O)N1CCN(C)CC1.COC(C)(OC)c1oc2c(c1S(=O)(=O)N1CCN(C)CC1)C(=O)c1ccccc1C2=O. The van der Waals surface area contributed by atoms with Crippen LogP contribution in [0.4, 0.5) is 0 Å². The number of likely N-dealkylation sites (N-methyl/N-ethyl adjacent to an activating group) is 2. The molecule has 0 unspecified atom stereocenters. The minimum atomic E-state index is -4.20. The molecule has 17 heteroatoms. The number of Topliss-reactive ketones (excluding diaryl/α,β-unsaturated/α-hetero) is 1. The second-order valence-corrected chi connectivity index (χ2v) is 16.7.